The van der Waals surface area contributed by atoms with E-state index in [9.17, 15) is 8.78 Å². The lowest BCUT2D eigenvalue weighted by Crippen LogP contribution is -2.01. The molecule has 4 heteroatoms. The second-order valence-corrected chi connectivity index (χ2v) is 3.38. The summed E-state index contributed by atoms with van der Waals surface area (Å²) in [5.41, 5.74) is 0.591. The molecule has 0 aliphatic carbocycles. The summed E-state index contributed by atoms with van der Waals surface area (Å²) in [6, 6.07) is 3.51. The van der Waals surface area contributed by atoms with Gasteiger partial charge in [0, 0.05) is 25.0 Å². The van der Waals surface area contributed by atoms with E-state index in [1.165, 1.54) is 12.1 Å². The lowest BCUT2D eigenvalue weighted by molar-refractivity contribution is 0.577. The van der Waals surface area contributed by atoms with E-state index in [2.05, 4.69) is 4.98 Å². The van der Waals surface area contributed by atoms with Crippen LogP contribution in [0.2, 0.25) is 0 Å². The van der Waals surface area contributed by atoms with Crippen LogP contribution in [0.1, 0.15) is 11.4 Å². The highest BCUT2D eigenvalue weighted by Crippen LogP contribution is 2.10. The quantitative estimate of drug-likeness (QED) is 0.741. The fraction of sp³-hybridized carbons (Fsp3) is 0.182. The number of nitrogens with zero attached hydrogens (tertiary/aromatic N) is 2. The third-order valence-corrected chi connectivity index (χ3v) is 2.20. The minimum atomic E-state index is -0.553. The predicted octanol–water partition coefficient (Wildman–Crippen LogP) is 2.52. The van der Waals surface area contributed by atoms with Gasteiger partial charge in [-0.15, -0.1) is 0 Å². The normalized spacial score (nSPS) is 10.6. The van der Waals surface area contributed by atoms with Gasteiger partial charge in [-0.3, -0.25) is 0 Å². The van der Waals surface area contributed by atoms with E-state index in [0.29, 0.717) is 12.1 Å². The standard InChI is InChI=1S/C11H10F2N2/c1-8-14-2-3-15(8)7-9-4-10(12)6-11(13)5-9/h2-6H,7H2,1H3. The van der Waals surface area contributed by atoms with Crippen molar-refractivity contribution in [2.75, 3.05) is 0 Å². The Labute approximate surface area is 86.2 Å². The highest BCUT2D eigenvalue weighted by molar-refractivity contribution is 5.18. The SMILES string of the molecule is Cc1nccn1Cc1cc(F)cc(F)c1. The van der Waals surface area contributed by atoms with E-state index < -0.39 is 11.6 Å². The Hall–Kier alpha value is -1.71. The second kappa shape index (κ2) is 3.81. The molecule has 1 aromatic carbocycles. The van der Waals surface area contributed by atoms with Crippen LogP contribution in [0, 0.1) is 18.6 Å². The Morgan fingerprint density at radius 1 is 1.20 bits per heavy atom. The molecule has 2 rings (SSSR count). The molecule has 0 radical (unpaired) electrons. The van der Waals surface area contributed by atoms with Gasteiger partial charge < -0.3 is 4.57 Å². The van der Waals surface area contributed by atoms with Crippen molar-refractivity contribution >= 4 is 0 Å². The molecule has 1 aromatic heterocycles. The van der Waals surface area contributed by atoms with E-state index in [0.717, 1.165) is 11.9 Å². The maximum absolute atomic E-state index is 12.9. The number of hydrogen-bond acceptors (Lipinski definition) is 1. The largest absolute Gasteiger partial charge is 0.331 e. The van der Waals surface area contributed by atoms with Gasteiger partial charge in [-0.1, -0.05) is 0 Å². The number of imidazole rings is 1. The topological polar surface area (TPSA) is 17.8 Å². The van der Waals surface area contributed by atoms with E-state index in [4.69, 9.17) is 0 Å². The molecule has 0 bridgehead atoms. The van der Waals surface area contributed by atoms with Gasteiger partial charge in [0.15, 0.2) is 0 Å². The van der Waals surface area contributed by atoms with Crippen molar-refractivity contribution in [2.24, 2.45) is 0 Å². The molecule has 0 aliphatic rings. The van der Waals surface area contributed by atoms with Gasteiger partial charge in [-0.05, 0) is 24.6 Å². The van der Waals surface area contributed by atoms with Gasteiger partial charge in [0.05, 0.1) is 0 Å². The maximum atomic E-state index is 12.9. The van der Waals surface area contributed by atoms with E-state index in [-0.39, 0.29) is 0 Å². The molecule has 0 amide bonds. The van der Waals surface area contributed by atoms with Crippen molar-refractivity contribution < 1.29 is 8.78 Å². The zero-order valence-corrected chi connectivity index (χ0v) is 8.24. The van der Waals surface area contributed by atoms with Crippen molar-refractivity contribution in [2.45, 2.75) is 13.5 Å². The van der Waals surface area contributed by atoms with Crippen LogP contribution in [0.4, 0.5) is 8.78 Å². The highest BCUT2D eigenvalue weighted by Gasteiger charge is 2.02. The molecular weight excluding hydrogens is 198 g/mol. The summed E-state index contributed by atoms with van der Waals surface area (Å²) >= 11 is 0. The van der Waals surface area contributed by atoms with Gasteiger partial charge in [-0.2, -0.15) is 0 Å². The molecule has 0 atom stereocenters. The maximum Gasteiger partial charge on any atom is 0.126 e. The minimum Gasteiger partial charge on any atom is -0.331 e. The minimum absolute atomic E-state index is 0.431. The fourth-order valence-electron chi connectivity index (χ4n) is 1.47. The van der Waals surface area contributed by atoms with Crippen LogP contribution >= 0.6 is 0 Å². The predicted molar refractivity (Wildman–Crippen MR) is 52.4 cm³/mol. The van der Waals surface area contributed by atoms with Crippen molar-refractivity contribution in [1.29, 1.82) is 0 Å². The van der Waals surface area contributed by atoms with E-state index >= 15 is 0 Å². The van der Waals surface area contributed by atoms with Crippen LogP contribution in [-0.2, 0) is 6.54 Å². The summed E-state index contributed by atoms with van der Waals surface area (Å²) in [5.74, 6) is -0.287. The Morgan fingerprint density at radius 3 is 2.40 bits per heavy atom. The second-order valence-electron chi connectivity index (χ2n) is 3.38. The third kappa shape index (κ3) is 2.21. The smallest absolute Gasteiger partial charge is 0.126 e. The van der Waals surface area contributed by atoms with Crippen LogP contribution in [-0.4, -0.2) is 9.55 Å². The van der Waals surface area contributed by atoms with Gasteiger partial charge in [0.1, 0.15) is 17.5 Å². The first-order valence-corrected chi connectivity index (χ1v) is 4.58. The van der Waals surface area contributed by atoms with Crippen LogP contribution in [0.25, 0.3) is 0 Å². The molecule has 0 saturated heterocycles. The number of aromatic nitrogens is 2. The first kappa shape index (κ1) is 9.83. The summed E-state index contributed by atoms with van der Waals surface area (Å²) in [6.45, 7) is 2.27. The third-order valence-electron chi connectivity index (χ3n) is 2.20. The average molecular weight is 208 g/mol. The molecule has 0 unspecified atom stereocenters. The van der Waals surface area contributed by atoms with Crippen molar-refractivity contribution in [3.63, 3.8) is 0 Å². The van der Waals surface area contributed by atoms with Crippen molar-refractivity contribution in [1.82, 2.24) is 9.55 Å². The van der Waals surface area contributed by atoms with Gasteiger partial charge in [0.25, 0.3) is 0 Å². The first-order chi connectivity index (χ1) is 7.15. The number of aryl methyl sites for hydroxylation is 1. The average Bonchev–Trinajstić information content (AvgIpc) is 2.50. The summed E-state index contributed by atoms with van der Waals surface area (Å²) in [4.78, 5) is 4.03. The first-order valence-electron chi connectivity index (χ1n) is 4.58. The summed E-state index contributed by atoms with van der Waals surface area (Å²) in [5, 5.41) is 0. The molecule has 0 fully saturated rings. The number of benzene rings is 1. The van der Waals surface area contributed by atoms with Crippen LogP contribution in [0.5, 0.6) is 0 Å². The van der Waals surface area contributed by atoms with Crippen LogP contribution in [0.15, 0.2) is 30.6 Å². The monoisotopic (exact) mass is 208 g/mol. The van der Waals surface area contributed by atoms with E-state index in [1.54, 1.807) is 12.4 Å². The Kier molecular flexibility index (Phi) is 2.49. The molecule has 78 valence electrons. The lowest BCUT2D eigenvalue weighted by atomic mass is 10.2. The van der Waals surface area contributed by atoms with Crippen molar-refractivity contribution in [3.05, 3.63) is 53.6 Å². The number of hydrogen-bond donors (Lipinski definition) is 0. The zero-order chi connectivity index (χ0) is 10.8. The highest BCUT2D eigenvalue weighted by atomic mass is 19.1. The Bertz CT molecular complexity index is 457. The molecule has 1 heterocycles. The molecule has 2 nitrogen and oxygen atoms in total. The zero-order valence-electron chi connectivity index (χ0n) is 8.24. The van der Waals surface area contributed by atoms with Gasteiger partial charge in [0.2, 0.25) is 0 Å². The Morgan fingerprint density at radius 2 is 1.87 bits per heavy atom. The molecule has 15 heavy (non-hydrogen) atoms. The number of halogens is 2. The molecule has 0 N–H and O–H groups in total. The lowest BCUT2D eigenvalue weighted by Gasteiger charge is -2.05. The van der Waals surface area contributed by atoms with Crippen LogP contribution < -0.4 is 0 Å². The number of rotatable bonds is 2. The summed E-state index contributed by atoms with van der Waals surface area (Å²) in [6.07, 6.45) is 3.43. The molecule has 0 aliphatic heterocycles. The van der Waals surface area contributed by atoms with Gasteiger partial charge in [-0.25, -0.2) is 13.8 Å². The fourth-order valence-corrected chi connectivity index (χ4v) is 1.47. The van der Waals surface area contributed by atoms with E-state index in [1.807, 2.05) is 11.5 Å². The molecule has 0 saturated carbocycles. The molecule has 0 spiro atoms. The van der Waals surface area contributed by atoms with Crippen LogP contribution in [0.3, 0.4) is 0 Å². The molecule has 2 aromatic rings. The van der Waals surface area contributed by atoms with Gasteiger partial charge >= 0.3 is 0 Å². The Balaban J connectivity index is 2.28. The van der Waals surface area contributed by atoms with Crippen molar-refractivity contribution in [3.8, 4) is 0 Å². The summed E-state index contributed by atoms with van der Waals surface area (Å²) in [7, 11) is 0. The molecular formula is C11H10F2N2. The summed E-state index contributed by atoms with van der Waals surface area (Å²) < 4.78 is 27.6.